The zero-order chi connectivity index (χ0) is 24.0. The van der Waals surface area contributed by atoms with Gasteiger partial charge in [0.2, 0.25) is 15.9 Å². The van der Waals surface area contributed by atoms with Crippen LogP contribution in [0.4, 0.5) is 4.79 Å². The summed E-state index contributed by atoms with van der Waals surface area (Å²) in [6, 6.07) is 3.82. The minimum atomic E-state index is -3.80. The smallest absolute Gasteiger partial charge is 0.325 e. The van der Waals surface area contributed by atoms with Crippen molar-refractivity contribution in [2.75, 3.05) is 46.9 Å². The van der Waals surface area contributed by atoms with Crippen molar-refractivity contribution in [1.29, 1.82) is 0 Å². The number of carbonyl (C=O) groups excluding carboxylic acids is 3. The molecule has 2 saturated heterocycles. The van der Waals surface area contributed by atoms with Crippen molar-refractivity contribution >= 4 is 27.9 Å². The molecule has 1 aromatic carbocycles. The van der Waals surface area contributed by atoms with Crippen molar-refractivity contribution in [2.24, 2.45) is 5.92 Å². The van der Waals surface area contributed by atoms with Gasteiger partial charge in [-0.3, -0.25) is 14.5 Å². The molecule has 1 atom stereocenters. The van der Waals surface area contributed by atoms with E-state index in [9.17, 15) is 22.8 Å². The van der Waals surface area contributed by atoms with E-state index < -0.39 is 21.6 Å². The first-order chi connectivity index (χ1) is 15.6. The average molecular weight is 481 g/mol. The Morgan fingerprint density at radius 2 is 1.73 bits per heavy atom. The van der Waals surface area contributed by atoms with Crippen molar-refractivity contribution in [3.8, 4) is 11.5 Å². The number of imide groups is 1. The Kier molecular flexibility index (Phi) is 5.99. The molecule has 3 aliphatic rings. The molecule has 0 spiro atoms. The Labute approximate surface area is 192 Å². The highest BCUT2D eigenvalue weighted by Gasteiger charge is 2.56. The second kappa shape index (κ2) is 8.49. The van der Waals surface area contributed by atoms with E-state index in [2.05, 4.69) is 5.32 Å². The van der Waals surface area contributed by atoms with E-state index in [1.807, 2.05) is 0 Å². The summed E-state index contributed by atoms with van der Waals surface area (Å²) in [6.07, 6.45) is 1.75. The number of carbonyl (C=O) groups is 3. The summed E-state index contributed by atoms with van der Waals surface area (Å²) in [6.45, 7) is 1.87. The Morgan fingerprint density at radius 1 is 1.09 bits per heavy atom. The number of nitrogens with zero attached hydrogens (tertiary/aromatic N) is 3. The van der Waals surface area contributed by atoms with E-state index in [4.69, 9.17) is 9.47 Å². The molecule has 3 fully saturated rings. The van der Waals surface area contributed by atoms with E-state index in [0.717, 1.165) is 17.7 Å². The number of piperazine rings is 1. The van der Waals surface area contributed by atoms with Gasteiger partial charge in [-0.05, 0) is 37.8 Å². The molecule has 1 N–H and O–H groups in total. The molecular weight excluding hydrogens is 452 g/mol. The molecule has 1 aliphatic carbocycles. The van der Waals surface area contributed by atoms with Crippen LogP contribution in [0.5, 0.6) is 11.5 Å². The van der Waals surface area contributed by atoms with Gasteiger partial charge < -0.3 is 19.7 Å². The van der Waals surface area contributed by atoms with Gasteiger partial charge in [-0.1, -0.05) is 0 Å². The van der Waals surface area contributed by atoms with Gasteiger partial charge in [0.05, 0.1) is 19.1 Å². The first kappa shape index (κ1) is 23.3. The minimum Gasteiger partial charge on any atom is -0.493 e. The normalized spacial score (nSPS) is 24.1. The highest BCUT2D eigenvalue weighted by atomic mass is 32.2. The fraction of sp³-hybridized carbons (Fsp3) is 0.571. The highest BCUT2D eigenvalue weighted by molar-refractivity contribution is 7.89. The Morgan fingerprint density at radius 3 is 2.30 bits per heavy atom. The minimum absolute atomic E-state index is 0.0682. The summed E-state index contributed by atoms with van der Waals surface area (Å²) in [5, 5.41) is 2.72. The first-order valence-electron chi connectivity index (χ1n) is 10.8. The predicted molar refractivity (Wildman–Crippen MR) is 116 cm³/mol. The third kappa shape index (κ3) is 4.12. The molecule has 2 heterocycles. The van der Waals surface area contributed by atoms with Crippen LogP contribution < -0.4 is 14.8 Å². The number of hydrogen-bond acceptors (Lipinski definition) is 7. The molecule has 0 unspecified atom stereocenters. The maximum absolute atomic E-state index is 13.1. The number of nitrogens with one attached hydrogen (secondary N) is 1. The Bertz CT molecular complexity index is 1080. The quantitative estimate of drug-likeness (QED) is 0.555. The number of amides is 4. The molecule has 1 saturated carbocycles. The summed E-state index contributed by atoms with van der Waals surface area (Å²) >= 11 is 0. The van der Waals surface area contributed by atoms with Gasteiger partial charge in [-0.25, -0.2) is 13.2 Å². The number of urea groups is 1. The van der Waals surface area contributed by atoms with Gasteiger partial charge in [0.25, 0.3) is 5.91 Å². The molecule has 4 amide bonds. The van der Waals surface area contributed by atoms with E-state index in [-0.39, 0.29) is 55.4 Å². The Balaban J connectivity index is 1.38. The second-order valence-corrected chi connectivity index (χ2v) is 10.5. The van der Waals surface area contributed by atoms with Gasteiger partial charge in [-0.15, -0.1) is 0 Å². The molecule has 12 heteroatoms. The second-order valence-electron chi connectivity index (χ2n) is 8.60. The van der Waals surface area contributed by atoms with Crippen molar-refractivity contribution in [3.05, 3.63) is 18.2 Å². The van der Waals surface area contributed by atoms with Crippen molar-refractivity contribution in [2.45, 2.75) is 30.2 Å². The molecule has 2 aliphatic heterocycles. The van der Waals surface area contributed by atoms with Crippen LogP contribution in [0.3, 0.4) is 0 Å². The standard InChI is InChI=1S/C21H28N4O7S/c1-21(14-4-5-14)19(27)25(20(28)22-21)13-18(26)23-8-10-24(11-9-23)33(29,30)15-6-7-16(31-2)17(12-15)32-3/h6-7,12,14H,4-5,8-11,13H2,1-3H3,(H,22,28)/t21-/m1/s1. The summed E-state index contributed by atoms with van der Waals surface area (Å²) in [4.78, 5) is 40.3. The monoisotopic (exact) mass is 480 g/mol. The largest absolute Gasteiger partial charge is 0.493 e. The molecule has 0 bridgehead atoms. The molecular formula is C21H28N4O7S. The van der Waals surface area contributed by atoms with E-state index in [0.29, 0.717) is 11.5 Å². The molecule has 180 valence electrons. The van der Waals surface area contributed by atoms with Crippen LogP contribution in [0.1, 0.15) is 19.8 Å². The summed E-state index contributed by atoms with van der Waals surface area (Å²) < 4.78 is 37.8. The maximum atomic E-state index is 13.1. The predicted octanol–water partition coefficient (Wildman–Crippen LogP) is 0.257. The molecule has 1 aromatic rings. The lowest BCUT2D eigenvalue weighted by atomic mass is 9.96. The molecule has 33 heavy (non-hydrogen) atoms. The van der Waals surface area contributed by atoms with E-state index in [1.165, 1.54) is 41.6 Å². The zero-order valence-corrected chi connectivity index (χ0v) is 19.7. The highest BCUT2D eigenvalue weighted by Crippen LogP contribution is 2.42. The Hall–Kier alpha value is -2.86. The van der Waals surface area contributed by atoms with Gasteiger partial charge >= 0.3 is 6.03 Å². The van der Waals surface area contributed by atoms with Crippen LogP contribution in [0.25, 0.3) is 0 Å². The lowest BCUT2D eigenvalue weighted by molar-refractivity contribution is -0.139. The number of ether oxygens (including phenoxy) is 2. The SMILES string of the molecule is COc1ccc(S(=O)(=O)N2CCN(C(=O)CN3C(=O)N[C@](C)(C4CC4)C3=O)CC2)cc1OC. The van der Waals surface area contributed by atoms with Crippen LogP contribution in [-0.2, 0) is 19.6 Å². The van der Waals surface area contributed by atoms with Crippen LogP contribution in [-0.4, -0.2) is 92.9 Å². The summed E-state index contributed by atoms with van der Waals surface area (Å²) in [5.74, 6) is 0.0726. The number of sulfonamides is 1. The lowest BCUT2D eigenvalue weighted by Gasteiger charge is -2.34. The number of benzene rings is 1. The van der Waals surface area contributed by atoms with Gasteiger partial charge in [0, 0.05) is 32.2 Å². The van der Waals surface area contributed by atoms with Crippen LogP contribution in [0.2, 0.25) is 0 Å². The van der Waals surface area contributed by atoms with Crippen molar-refractivity contribution in [3.63, 3.8) is 0 Å². The number of hydrogen-bond donors (Lipinski definition) is 1. The van der Waals surface area contributed by atoms with Crippen LogP contribution in [0, 0.1) is 5.92 Å². The summed E-state index contributed by atoms with van der Waals surface area (Å²) in [7, 11) is -0.901. The number of rotatable bonds is 7. The average Bonchev–Trinajstić information content (AvgIpc) is 3.64. The third-order valence-corrected chi connectivity index (χ3v) is 8.47. The molecule has 4 rings (SSSR count). The first-order valence-corrected chi connectivity index (χ1v) is 12.2. The van der Waals surface area contributed by atoms with Gasteiger partial charge in [0.15, 0.2) is 11.5 Å². The maximum Gasteiger partial charge on any atom is 0.325 e. The molecule has 11 nitrogen and oxygen atoms in total. The lowest BCUT2D eigenvalue weighted by Crippen LogP contribution is -2.53. The van der Waals surface area contributed by atoms with Gasteiger partial charge in [-0.2, -0.15) is 4.31 Å². The zero-order valence-electron chi connectivity index (χ0n) is 18.9. The van der Waals surface area contributed by atoms with E-state index >= 15 is 0 Å². The topological polar surface area (TPSA) is 126 Å². The number of methoxy groups -OCH3 is 2. The van der Waals surface area contributed by atoms with Crippen LogP contribution >= 0.6 is 0 Å². The van der Waals surface area contributed by atoms with Gasteiger partial charge in [0.1, 0.15) is 12.1 Å². The molecule has 0 aromatic heterocycles. The van der Waals surface area contributed by atoms with Crippen molar-refractivity contribution in [1.82, 2.24) is 19.4 Å². The summed E-state index contributed by atoms with van der Waals surface area (Å²) in [5.41, 5.74) is -0.941. The fourth-order valence-corrected chi connectivity index (χ4v) is 5.77. The van der Waals surface area contributed by atoms with Crippen molar-refractivity contribution < 1.29 is 32.3 Å². The van der Waals surface area contributed by atoms with E-state index in [1.54, 1.807) is 6.92 Å². The fourth-order valence-electron chi connectivity index (χ4n) is 4.34. The third-order valence-electron chi connectivity index (χ3n) is 6.57. The van der Waals surface area contributed by atoms with Crippen LogP contribution in [0.15, 0.2) is 23.1 Å². The molecule has 0 radical (unpaired) electrons.